The van der Waals surface area contributed by atoms with E-state index in [2.05, 4.69) is 17.6 Å². The first-order chi connectivity index (χ1) is 16.1. The summed E-state index contributed by atoms with van der Waals surface area (Å²) in [6, 6.07) is 4.42. The van der Waals surface area contributed by atoms with Crippen LogP contribution in [0.1, 0.15) is 36.7 Å². The zero-order valence-corrected chi connectivity index (χ0v) is 19.1. The number of halogens is 4. The number of nitrogens with zero attached hydrogens (tertiary/aromatic N) is 3. The number of ether oxygens (including phenoxy) is 1. The Hall–Kier alpha value is -2.66. The number of alkyl halides is 3. The van der Waals surface area contributed by atoms with E-state index in [0.29, 0.717) is 25.1 Å². The molecule has 6 nitrogen and oxygen atoms in total. The Kier molecular flexibility index (Phi) is 6.86. The lowest BCUT2D eigenvalue weighted by Crippen LogP contribution is -2.52. The molecule has 0 radical (unpaired) electrons. The van der Waals surface area contributed by atoms with E-state index in [-0.39, 0.29) is 29.4 Å². The van der Waals surface area contributed by atoms with E-state index in [1.54, 1.807) is 23.9 Å². The predicted octanol–water partition coefficient (Wildman–Crippen LogP) is 4.10. The molecule has 0 bridgehead atoms. The summed E-state index contributed by atoms with van der Waals surface area (Å²) in [5, 5.41) is -0.573. The van der Waals surface area contributed by atoms with Crippen molar-refractivity contribution in [1.82, 2.24) is 14.5 Å². The van der Waals surface area contributed by atoms with Crippen molar-refractivity contribution in [2.75, 3.05) is 6.54 Å². The SMILES string of the molecule is Cn1ccnc1/C=C1/C(S)CCN(C(C(=O)C2CC2)c2ccccc2F)C1OC(=O)C(F)(F)F. The number of imidazole rings is 1. The van der Waals surface area contributed by atoms with E-state index in [9.17, 15) is 27.2 Å². The van der Waals surface area contributed by atoms with Gasteiger partial charge >= 0.3 is 12.1 Å². The van der Waals surface area contributed by atoms with Crippen molar-refractivity contribution in [2.24, 2.45) is 13.0 Å². The van der Waals surface area contributed by atoms with Gasteiger partial charge in [0.05, 0.1) is 0 Å². The average Bonchev–Trinajstić information content (AvgIpc) is 3.55. The first-order valence-corrected chi connectivity index (χ1v) is 11.3. The third kappa shape index (κ3) is 5.05. The third-order valence-corrected chi connectivity index (χ3v) is 6.57. The van der Waals surface area contributed by atoms with Gasteiger partial charge in [-0.15, -0.1) is 0 Å². The molecule has 1 aromatic heterocycles. The van der Waals surface area contributed by atoms with Crippen LogP contribution in [0.5, 0.6) is 0 Å². The number of carbonyl (C=O) groups excluding carboxylic acids is 2. The molecule has 2 aliphatic rings. The Bertz CT molecular complexity index is 1110. The van der Waals surface area contributed by atoms with Crippen LogP contribution in [0.2, 0.25) is 0 Å². The fourth-order valence-electron chi connectivity index (χ4n) is 4.10. The normalized spacial score (nSPS) is 23.6. The quantitative estimate of drug-likeness (QED) is 0.370. The van der Waals surface area contributed by atoms with Crippen molar-refractivity contribution in [3.8, 4) is 0 Å². The van der Waals surface area contributed by atoms with Gasteiger partial charge in [-0.1, -0.05) is 18.2 Å². The number of ketones is 1. The Morgan fingerprint density at radius 1 is 1.24 bits per heavy atom. The van der Waals surface area contributed by atoms with Gasteiger partial charge in [0.25, 0.3) is 0 Å². The molecule has 4 rings (SSSR count). The highest BCUT2D eigenvalue weighted by Crippen LogP contribution is 2.42. The number of thiol groups is 1. The summed E-state index contributed by atoms with van der Waals surface area (Å²) in [5.41, 5.74) is 0.257. The molecule has 3 unspecified atom stereocenters. The van der Waals surface area contributed by atoms with Gasteiger partial charge in [0.1, 0.15) is 17.7 Å². The summed E-state index contributed by atoms with van der Waals surface area (Å²) in [4.78, 5) is 30.8. The van der Waals surface area contributed by atoms with Crippen LogP contribution in [0.3, 0.4) is 0 Å². The number of aryl methyl sites for hydroxylation is 1. The van der Waals surface area contributed by atoms with E-state index in [4.69, 9.17) is 4.74 Å². The lowest BCUT2D eigenvalue weighted by Gasteiger charge is -2.43. The fourth-order valence-corrected chi connectivity index (χ4v) is 4.41. The predicted molar refractivity (Wildman–Crippen MR) is 118 cm³/mol. The molecule has 2 fully saturated rings. The largest absolute Gasteiger partial charge is 0.490 e. The zero-order chi connectivity index (χ0) is 24.6. The van der Waals surface area contributed by atoms with Crippen molar-refractivity contribution < 1.29 is 31.9 Å². The van der Waals surface area contributed by atoms with Crippen LogP contribution in [0.25, 0.3) is 6.08 Å². The van der Waals surface area contributed by atoms with E-state index in [1.165, 1.54) is 35.4 Å². The summed E-state index contributed by atoms with van der Waals surface area (Å²) >= 11 is 4.51. The van der Waals surface area contributed by atoms with E-state index >= 15 is 0 Å². The number of likely N-dealkylation sites (tertiary alicyclic amines) is 1. The van der Waals surface area contributed by atoms with Crippen LogP contribution in [0.15, 0.2) is 42.2 Å². The number of piperidine rings is 1. The second kappa shape index (κ2) is 9.53. The molecule has 1 saturated heterocycles. The molecule has 0 spiro atoms. The summed E-state index contributed by atoms with van der Waals surface area (Å²) in [5.74, 6) is -3.29. The highest BCUT2D eigenvalue weighted by molar-refractivity contribution is 7.81. The van der Waals surface area contributed by atoms with Crippen molar-refractivity contribution in [2.45, 2.75) is 43.0 Å². The maximum absolute atomic E-state index is 14.8. The lowest BCUT2D eigenvalue weighted by atomic mass is 9.92. The summed E-state index contributed by atoms with van der Waals surface area (Å²) in [6.07, 6.45) is -0.607. The number of carbonyl (C=O) groups is 2. The smallest absolute Gasteiger partial charge is 0.436 e. The average molecular weight is 498 g/mol. The number of benzene rings is 1. The Morgan fingerprint density at radius 2 is 1.94 bits per heavy atom. The highest BCUT2D eigenvalue weighted by Gasteiger charge is 2.49. The molecule has 1 saturated carbocycles. The summed E-state index contributed by atoms with van der Waals surface area (Å²) in [6.45, 7) is 0.0688. The zero-order valence-electron chi connectivity index (χ0n) is 18.2. The van der Waals surface area contributed by atoms with Crippen LogP contribution in [0, 0.1) is 11.7 Å². The van der Waals surface area contributed by atoms with Gasteiger partial charge in [-0.05, 0) is 31.4 Å². The number of hydrogen-bond acceptors (Lipinski definition) is 6. The number of Topliss-reactive ketones (excluding diaryl/α,β-unsaturated/α-hetero) is 1. The molecule has 0 amide bonds. The minimum atomic E-state index is -5.25. The van der Waals surface area contributed by atoms with Crippen LogP contribution >= 0.6 is 12.6 Å². The monoisotopic (exact) mass is 497 g/mol. The van der Waals surface area contributed by atoms with Gasteiger partial charge in [0.15, 0.2) is 12.0 Å². The molecule has 11 heteroatoms. The van der Waals surface area contributed by atoms with Gasteiger partial charge in [-0.25, -0.2) is 14.2 Å². The van der Waals surface area contributed by atoms with Gasteiger partial charge in [0, 0.05) is 48.3 Å². The van der Waals surface area contributed by atoms with Crippen molar-refractivity contribution in [1.29, 1.82) is 0 Å². The molecule has 3 atom stereocenters. The molecule has 0 N–H and O–H groups in total. The Labute approximate surface area is 199 Å². The van der Waals surface area contributed by atoms with Crippen LogP contribution < -0.4 is 0 Å². The number of aromatic nitrogens is 2. The molecular weight excluding hydrogens is 474 g/mol. The van der Waals surface area contributed by atoms with Crippen molar-refractivity contribution in [3.05, 3.63) is 59.4 Å². The minimum absolute atomic E-state index is 0.0291. The topological polar surface area (TPSA) is 64.4 Å². The molecule has 2 heterocycles. The van der Waals surface area contributed by atoms with Gasteiger partial charge in [0.2, 0.25) is 0 Å². The van der Waals surface area contributed by atoms with Crippen LogP contribution in [-0.2, 0) is 21.4 Å². The standard InChI is InChI=1S/C23H23F4N3O3S/c1-29-11-9-28-18(29)12-15-17(34)8-10-30(21(15)33-22(32)23(25,26)27)19(20(31)13-6-7-13)14-4-2-3-5-16(14)24/h2-5,9,11-13,17,19,21,34H,6-8,10H2,1H3/b15-12-. The molecule has 182 valence electrons. The third-order valence-electron chi connectivity index (χ3n) is 6.02. The van der Waals surface area contributed by atoms with Gasteiger partial charge < -0.3 is 9.30 Å². The van der Waals surface area contributed by atoms with Crippen LogP contribution in [-0.4, -0.2) is 50.4 Å². The van der Waals surface area contributed by atoms with Crippen molar-refractivity contribution >= 4 is 30.5 Å². The summed E-state index contributed by atoms with van der Waals surface area (Å²) < 4.78 is 61.1. The highest BCUT2D eigenvalue weighted by atomic mass is 32.1. The molecular formula is C23H23F4N3O3S. The maximum Gasteiger partial charge on any atom is 0.490 e. The van der Waals surface area contributed by atoms with Gasteiger partial charge in [-0.3, -0.25) is 9.69 Å². The lowest BCUT2D eigenvalue weighted by molar-refractivity contribution is -0.212. The second-order valence-electron chi connectivity index (χ2n) is 8.44. The maximum atomic E-state index is 14.8. The Balaban J connectivity index is 1.82. The number of hydrogen-bond donors (Lipinski definition) is 1. The van der Waals surface area contributed by atoms with Gasteiger partial charge in [-0.2, -0.15) is 25.8 Å². The van der Waals surface area contributed by atoms with E-state index in [0.717, 1.165) is 0 Å². The Morgan fingerprint density at radius 3 is 2.53 bits per heavy atom. The molecule has 1 aliphatic heterocycles. The van der Waals surface area contributed by atoms with E-state index < -0.39 is 35.5 Å². The first-order valence-electron chi connectivity index (χ1n) is 10.8. The van der Waals surface area contributed by atoms with E-state index in [1.807, 2.05) is 0 Å². The molecule has 34 heavy (non-hydrogen) atoms. The fraction of sp³-hybridized carbons (Fsp3) is 0.435. The number of rotatable bonds is 6. The molecule has 1 aromatic carbocycles. The second-order valence-corrected chi connectivity index (χ2v) is 9.06. The molecule has 1 aliphatic carbocycles. The molecule has 2 aromatic rings. The summed E-state index contributed by atoms with van der Waals surface area (Å²) in [7, 11) is 1.70. The van der Waals surface area contributed by atoms with Crippen molar-refractivity contribution in [3.63, 3.8) is 0 Å². The minimum Gasteiger partial charge on any atom is -0.436 e. The first kappa shape index (κ1) is 24.5. The van der Waals surface area contributed by atoms with Crippen LogP contribution in [0.4, 0.5) is 17.6 Å². The number of esters is 1.